The van der Waals surface area contributed by atoms with Crippen LogP contribution in [0.4, 0.5) is 4.79 Å². The number of thioether (sulfide) groups is 1. The molecule has 0 unspecified atom stereocenters. The Morgan fingerprint density at radius 1 is 1.12 bits per heavy atom. The number of carbonyl (C=O) groups excluding carboxylic acids is 1. The standard InChI is InChI=1S/C13H17NOS/c1-11-5-7-12(8-6-11)16-13(15)14-9-3-2-4-10-14/h5-8H,2-4,9-10H2,1H3. The Balaban J connectivity index is 1.93. The fraction of sp³-hybridized carbons (Fsp3) is 0.462. The zero-order valence-electron chi connectivity index (χ0n) is 9.61. The van der Waals surface area contributed by atoms with Crippen LogP contribution in [0.5, 0.6) is 0 Å². The van der Waals surface area contributed by atoms with Crippen molar-refractivity contribution in [1.29, 1.82) is 0 Å². The van der Waals surface area contributed by atoms with E-state index in [1.54, 1.807) is 0 Å². The molecule has 0 spiro atoms. The minimum Gasteiger partial charge on any atom is -0.333 e. The maximum Gasteiger partial charge on any atom is 0.286 e. The monoisotopic (exact) mass is 235 g/mol. The summed E-state index contributed by atoms with van der Waals surface area (Å²) < 4.78 is 0. The van der Waals surface area contributed by atoms with Crippen LogP contribution in [0.25, 0.3) is 0 Å². The molecule has 0 bridgehead atoms. The Kier molecular flexibility index (Phi) is 3.88. The van der Waals surface area contributed by atoms with Gasteiger partial charge in [-0.3, -0.25) is 4.79 Å². The zero-order valence-corrected chi connectivity index (χ0v) is 10.4. The van der Waals surface area contributed by atoms with Crippen molar-refractivity contribution in [1.82, 2.24) is 4.90 Å². The van der Waals surface area contributed by atoms with E-state index >= 15 is 0 Å². The molecule has 0 aromatic heterocycles. The Bertz CT molecular complexity index is 355. The maximum absolute atomic E-state index is 11.9. The molecule has 2 nitrogen and oxygen atoms in total. The summed E-state index contributed by atoms with van der Waals surface area (Å²) in [5.74, 6) is 0. The third kappa shape index (κ3) is 3.01. The van der Waals surface area contributed by atoms with E-state index in [1.165, 1.54) is 23.7 Å². The number of aryl methyl sites for hydroxylation is 1. The summed E-state index contributed by atoms with van der Waals surface area (Å²) in [7, 11) is 0. The number of benzene rings is 1. The molecule has 0 N–H and O–H groups in total. The van der Waals surface area contributed by atoms with Crippen molar-refractivity contribution in [2.75, 3.05) is 13.1 Å². The first kappa shape index (κ1) is 11.5. The largest absolute Gasteiger partial charge is 0.333 e. The molecule has 1 saturated heterocycles. The summed E-state index contributed by atoms with van der Waals surface area (Å²) in [5, 5.41) is 0.198. The third-order valence-electron chi connectivity index (χ3n) is 2.84. The molecule has 3 heteroatoms. The number of rotatable bonds is 1. The van der Waals surface area contributed by atoms with Crippen LogP contribution < -0.4 is 0 Å². The minimum atomic E-state index is 0.198. The summed E-state index contributed by atoms with van der Waals surface area (Å²) in [6.07, 6.45) is 3.57. The number of likely N-dealkylation sites (tertiary alicyclic amines) is 1. The van der Waals surface area contributed by atoms with Crippen molar-refractivity contribution in [3.05, 3.63) is 29.8 Å². The Morgan fingerprint density at radius 3 is 2.38 bits per heavy atom. The van der Waals surface area contributed by atoms with Crippen molar-refractivity contribution in [2.24, 2.45) is 0 Å². The fourth-order valence-electron chi connectivity index (χ4n) is 1.85. The van der Waals surface area contributed by atoms with Gasteiger partial charge in [0.1, 0.15) is 0 Å². The van der Waals surface area contributed by atoms with Crippen molar-refractivity contribution < 1.29 is 4.79 Å². The second kappa shape index (κ2) is 5.39. The predicted octanol–water partition coefficient (Wildman–Crippen LogP) is 3.69. The van der Waals surface area contributed by atoms with Gasteiger partial charge in [-0.2, -0.15) is 0 Å². The average Bonchev–Trinajstić information content (AvgIpc) is 2.33. The zero-order chi connectivity index (χ0) is 11.4. The van der Waals surface area contributed by atoms with E-state index in [4.69, 9.17) is 0 Å². The van der Waals surface area contributed by atoms with E-state index in [-0.39, 0.29) is 5.24 Å². The highest BCUT2D eigenvalue weighted by Gasteiger charge is 2.17. The van der Waals surface area contributed by atoms with Crippen molar-refractivity contribution in [3.63, 3.8) is 0 Å². The fourth-order valence-corrected chi connectivity index (χ4v) is 2.63. The molecule has 1 aromatic rings. The van der Waals surface area contributed by atoms with Gasteiger partial charge in [0.15, 0.2) is 0 Å². The molecule has 16 heavy (non-hydrogen) atoms. The van der Waals surface area contributed by atoms with Gasteiger partial charge >= 0.3 is 0 Å². The number of hydrogen-bond donors (Lipinski definition) is 0. The first-order chi connectivity index (χ1) is 7.75. The van der Waals surface area contributed by atoms with Crippen LogP contribution in [0.2, 0.25) is 0 Å². The van der Waals surface area contributed by atoms with E-state index in [9.17, 15) is 4.79 Å². The molecule has 1 aliphatic heterocycles. The van der Waals surface area contributed by atoms with E-state index in [1.807, 2.05) is 29.2 Å². The molecule has 0 aliphatic carbocycles. The molecule has 0 radical (unpaired) electrons. The lowest BCUT2D eigenvalue weighted by Crippen LogP contribution is -2.32. The molecule has 2 rings (SSSR count). The van der Waals surface area contributed by atoms with Crippen molar-refractivity contribution in [2.45, 2.75) is 31.1 Å². The van der Waals surface area contributed by atoms with Gasteiger partial charge in [-0.25, -0.2) is 0 Å². The molecular weight excluding hydrogens is 218 g/mol. The number of amides is 1. The molecule has 1 heterocycles. The number of nitrogens with zero attached hydrogens (tertiary/aromatic N) is 1. The number of piperidine rings is 1. The lowest BCUT2D eigenvalue weighted by molar-refractivity contribution is 0.211. The molecule has 0 saturated carbocycles. The van der Waals surface area contributed by atoms with Crippen LogP contribution in [0.1, 0.15) is 24.8 Å². The van der Waals surface area contributed by atoms with Gasteiger partial charge in [0.05, 0.1) is 0 Å². The SMILES string of the molecule is Cc1ccc(SC(=O)N2CCCCC2)cc1. The molecule has 1 amide bonds. The smallest absolute Gasteiger partial charge is 0.286 e. The summed E-state index contributed by atoms with van der Waals surface area (Å²) >= 11 is 1.35. The van der Waals surface area contributed by atoms with Gasteiger partial charge in [-0.1, -0.05) is 17.7 Å². The van der Waals surface area contributed by atoms with E-state index in [0.29, 0.717) is 0 Å². The summed E-state index contributed by atoms with van der Waals surface area (Å²) in [5.41, 5.74) is 1.23. The van der Waals surface area contributed by atoms with Gasteiger partial charge in [0, 0.05) is 18.0 Å². The minimum absolute atomic E-state index is 0.198. The second-order valence-electron chi connectivity index (χ2n) is 4.23. The Labute approximate surface area is 101 Å². The molecular formula is C13H17NOS. The highest BCUT2D eigenvalue weighted by molar-refractivity contribution is 8.13. The van der Waals surface area contributed by atoms with Crippen LogP contribution >= 0.6 is 11.8 Å². The second-order valence-corrected chi connectivity index (χ2v) is 5.25. The van der Waals surface area contributed by atoms with Gasteiger partial charge in [-0.15, -0.1) is 0 Å². The topological polar surface area (TPSA) is 20.3 Å². The first-order valence-corrected chi connectivity index (χ1v) is 6.61. The Morgan fingerprint density at radius 2 is 1.75 bits per heavy atom. The molecule has 1 fully saturated rings. The molecule has 86 valence electrons. The van der Waals surface area contributed by atoms with Crippen LogP contribution in [0, 0.1) is 6.92 Å². The van der Waals surface area contributed by atoms with Gasteiger partial charge in [-0.05, 0) is 50.1 Å². The van der Waals surface area contributed by atoms with Crippen LogP contribution in [0.3, 0.4) is 0 Å². The lowest BCUT2D eigenvalue weighted by Gasteiger charge is -2.26. The van der Waals surface area contributed by atoms with Gasteiger partial charge < -0.3 is 4.90 Å². The highest BCUT2D eigenvalue weighted by Crippen LogP contribution is 2.23. The summed E-state index contributed by atoms with van der Waals surface area (Å²) in [6.45, 7) is 3.91. The van der Waals surface area contributed by atoms with Gasteiger partial charge in [0.25, 0.3) is 5.24 Å². The third-order valence-corrected chi connectivity index (χ3v) is 3.78. The predicted molar refractivity (Wildman–Crippen MR) is 67.9 cm³/mol. The van der Waals surface area contributed by atoms with Crippen LogP contribution in [0.15, 0.2) is 29.2 Å². The first-order valence-electron chi connectivity index (χ1n) is 5.79. The van der Waals surface area contributed by atoms with E-state index in [2.05, 4.69) is 6.92 Å². The summed E-state index contributed by atoms with van der Waals surface area (Å²) in [6, 6.07) is 8.13. The number of hydrogen-bond acceptors (Lipinski definition) is 2. The molecule has 0 atom stereocenters. The van der Waals surface area contributed by atoms with Crippen LogP contribution in [-0.4, -0.2) is 23.2 Å². The highest BCUT2D eigenvalue weighted by atomic mass is 32.2. The quantitative estimate of drug-likeness (QED) is 0.692. The maximum atomic E-state index is 11.9. The van der Waals surface area contributed by atoms with Gasteiger partial charge in [0.2, 0.25) is 0 Å². The molecule has 1 aliphatic rings. The van der Waals surface area contributed by atoms with E-state index < -0.39 is 0 Å². The normalized spacial score (nSPS) is 16.2. The summed E-state index contributed by atoms with van der Waals surface area (Å²) in [4.78, 5) is 15.0. The Hall–Kier alpha value is -0.960. The van der Waals surface area contributed by atoms with Crippen LogP contribution in [-0.2, 0) is 0 Å². The average molecular weight is 235 g/mol. The van der Waals surface area contributed by atoms with Crippen molar-refractivity contribution in [3.8, 4) is 0 Å². The molecule has 1 aromatic carbocycles. The van der Waals surface area contributed by atoms with E-state index in [0.717, 1.165) is 30.8 Å². The van der Waals surface area contributed by atoms with Crippen molar-refractivity contribution >= 4 is 17.0 Å². The number of carbonyl (C=O) groups is 1. The lowest BCUT2D eigenvalue weighted by atomic mass is 10.1.